The molecule has 37 heavy (non-hydrogen) atoms. The molecular weight excluding hydrogens is 468 g/mol. The first-order valence-electron chi connectivity index (χ1n) is 12.4. The molecule has 0 radical (unpaired) electrons. The summed E-state index contributed by atoms with van der Waals surface area (Å²) in [6.07, 6.45) is 5.30. The number of benzene rings is 1. The molecule has 3 N–H and O–H groups in total. The first kappa shape index (κ1) is 24.5. The lowest BCUT2D eigenvalue weighted by Crippen LogP contribution is -2.44. The number of anilines is 1. The van der Waals surface area contributed by atoms with Crippen molar-refractivity contribution in [3.8, 4) is 6.07 Å². The van der Waals surface area contributed by atoms with E-state index in [1.165, 1.54) is 10.9 Å². The zero-order valence-corrected chi connectivity index (χ0v) is 21.3. The van der Waals surface area contributed by atoms with Crippen LogP contribution in [-0.4, -0.2) is 43.4 Å². The lowest BCUT2D eigenvalue weighted by atomic mass is 10.1. The van der Waals surface area contributed by atoms with Crippen LogP contribution in [0.3, 0.4) is 0 Å². The number of nitrogens with two attached hydrogens (primary N) is 1. The van der Waals surface area contributed by atoms with E-state index in [0.29, 0.717) is 47.0 Å². The molecule has 1 saturated heterocycles. The summed E-state index contributed by atoms with van der Waals surface area (Å²) in [6.45, 7) is 7.61. The van der Waals surface area contributed by atoms with E-state index in [-0.39, 0.29) is 18.1 Å². The van der Waals surface area contributed by atoms with Crippen molar-refractivity contribution in [1.29, 1.82) is 5.26 Å². The number of allylic oxidation sites excluding steroid dienone is 2. The van der Waals surface area contributed by atoms with Gasteiger partial charge in [0.05, 0.1) is 11.7 Å². The Balaban J connectivity index is 1.69. The van der Waals surface area contributed by atoms with Gasteiger partial charge in [-0.25, -0.2) is 4.98 Å². The number of fused-ring (bicyclic) bond motifs is 2. The molecule has 1 aliphatic heterocycles. The second kappa shape index (κ2) is 9.67. The molecule has 0 spiro atoms. The number of para-hydroxylation sites is 1. The Morgan fingerprint density at radius 1 is 1.35 bits per heavy atom. The van der Waals surface area contributed by atoms with Crippen LogP contribution >= 0.6 is 0 Å². The molecule has 1 aromatic carbocycles. The molecule has 0 unspecified atom stereocenters. The van der Waals surface area contributed by atoms with Crippen molar-refractivity contribution in [2.24, 2.45) is 5.73 Å². The standard InChI is InChI=1S/C27H31N8O2/c1-17(2)10-12-34-25-24(21(13-28)26(34)32-11-6-7-19(29)14-32)30-16-33(27(25)36)15-23-31-22-9-5-4-8-20(22)18(3)35(23)37/h4-5,8-10,16,19,37H,6-7,11-12,14-15,29H2,1-3H3/q+1/t19-/m0/s1. The normalized spacial score (nSPS) is 15.8. The SMILES string of the molecule is CC(C)=CCn1c(N2CCC[C@H](N)C2)c(C#N)c2ncn(Cc3nc4ccccc4c(C)[n+]3O)c(=O)c21. The number of hydrogen-bond acceptors (Lipinski definition) is 7. The van der Waals surface area contributed by atoms with Crippen molar-refractivity contribution >= 4 is 27.8 Å². The Morgan fingerprint density at radius 2 is 2.14 bits per heavy atom. The minimum atomic E-state index is -0.302. The molecule has 0 amide bonds. The molecule has 0 saturated carbocycles. The topological polar surface area (TPSA) is 130 Å². The van der Waals surface area contributed by atoms with Crippen molar-refractivity contribution in [1.82, 2.24) is 19.1 Å². The lowest BCUT2D eigenvalue weighted by molar-refractivity contribution is -0.914. The van der Waals surface area contributed by atoms with Crippen molar-refractivity contribution in [2.75, 3.05) is 18.0 Å². The van der Waals surface area contributed by atoms with Crippen LogP contribution in [0, 0.1) is 18.3 Å². The van der Waals surface area contributed by atoms with Gasteiger partial charge in [-0.05, 0) is 48.5 Å². The number of aryl methyl sites for hydroxylation is 1. The molecule has 3 aromatic heterocycles. The third kappa shape index (κ3) is 4.32. The van der Waals surface area contributed by atoms with Gasteiger partial charge in [-0.2, -0.15) is 5.26 Å². The number of nitriles is 1. The van der Waals surface area contributed by atoms with Crippen molar-refractivity contribution in [3.63, 3.8) is 0 Å². The van der Waals surface area contributed by atoms with Crippen molar-refractivity contribution < 1.29 is 9.94 Å². The molecule has 10 nitrogen and oxygen atoms in total. The van der Waals surface area contributed by atoms with E-state index in [4.69, 9.17) is 5.73 Å². The average molecular weight is 500 g/mol. The Kier molecular flexibility index (Phi) is 6.39. The summed E-state index contributed by atoms with van der Waals surface area (Å²) in [6, 6.07) is 9.83. The summed E-state index contributed by atoms with van der Waals surface area (Å²) in [4.78, 5) is 25.2. The predicted octanol–water partition coefficient (Wildman–Crippen LogP) is 2.39. The second-order valence-electron chi connectivity index (χ2n) is 9.87. The summed E-state index contributed by atoms with van der Waals surface area (Å²) in [5.41, 5.74) is 9.53. The van der Waals surface area contributed by atoms with Crippen LogP contribution in [0.1, 0.15) is 43.8 Å². The molecule has 4 heterocycles. The molecule has 10 heteroatoms. The zero-order chi connectivity index (χ0) is 26.3. The third-order valence-corrected chi connectivity index (χ3v) is 6.97. The molecule has 1 fully saturated rings. The summed E-state index contributed by atoms with van der Waals surface area (Å²) >= 11 is 0. The number of hydrogen-bond donors (Lipinski definition) is 2. The van der Waals surface area contributed by atoms with E-state index in [9.17, 15) is 15.3 Å². The molecule has 1 aliphatic rings. The third-order valence-electron chi connectivity index (χ3n) is 6.97. The van der Waals surface area contributed by atoms with E-state index >= 15 is 0 Å². The first-order valence-corrected chi connectivity index (χ1v) is 12.4. The fraction of sp³-hybridized carbons (Fsp3) is 0.370. The maximum Gasteiger partial charge on any atom is 0.357 e. The smallest absolute Gasteiger partial charge is 0.355 e. The highest BCUT2D eigenvalue weighted by atomic mass is 16.5. The summed E-state index contributed by atoms with van der Waals surface area (Å²) in [7, 11) is 0. The van der Waals surface area contributed by atoms with E-state index in [2.05, 4.69) is 20.9 Å². The quantitative estimate of drug-likeness (QED) is 0.245. The highest BCUT2D eigenvalue weighted by Crippen LogP contribution is 2.31. The van der Waals surface area contributed by atoms with Crippen LogP contribution in [0.15, 0.2) is 47.0 Å². The predicted molar refractivity (Wildman–Crippen MR) is 141 cm³/mol. The van der Waals surface area contributed by atoms with Crippen molar-refractivity contribution in [3.05, 3.63) is 69.7 Å². The number of piperidine rings is 1. The van der Waals surface area contributed by atoms with Crippen molar-refractivity contribution in [2.45, 2.75) is 52.7 Å². The van der Waals surface area contributed by atoms with E-state index < -0.39 is 0 Å². The van der Waals surface area contributed by atoms with E-state index in [1.807, 2.05) is 48.8 Å². The van der Waals surface area contributed by atoms with E-state index in [1.54, 1.807) is 6.92 Å². The summed E-state index contributed by atoms with van der Waals surface area (Å²) in [5, 5.41) is 21.7. The number of nitrogens with zero attached hydrogens (tertiary/aromatic N) is 7. The fourth-order valence-electron chi connectivity index (χ4n) is 5.08. The molecule has 0 bridgehead atoms. The van der Waals surface area contributed by atoms with Gasteiger partial charge in [0.1, 0.15) is 35.0 Å². The molecule has 1 atom stereocenters. The molecule has 190 valence electrons. The number of aromatic nitrogens is 5. The maximum absolute atomic E-state index is 13.9. The van der Waals surface area contributed by atoms with Crippen LogP contribution in [0.2, 0.25) is 0 Å². The van der Waals surface area contributed by atoms with Gasteiger partial charge in [-0.15, -0.1) is 0 Å². The Labute approximate surface area is 214 Å². The Hall–Kier alpha value is -4.23. The summed E-state index contributed by atoms with van der Waals surface area (Å²) < 4.78 is 4.33. The van der Waals surface area contributed by atoms with Crippen LogP contribution in [0.4, 0.5) is 5.82 Å². The zero-order valence-electron chi connectivity index (χ0n) is 21.3. The fourth-order valence-corrected chi connectivity index (χ4v) is 5.08. The highest BCUT2D eigenvalue weighted by Gasteiger charge is 2.29. The largest absolute Gasteiger partial charge is 0.357 e. The molecule has 5 rings (SSSR count). The van der Waals surface area contributed by atoms with Gasteiger partial charge in [-0.3, -0.25) is 9.36 Å². The Morgan fingerprint density at radius 3 is 2.86 bits per heavy atom. The van der Waals surface area contributed by atoms with Crippen LogP contribution < -0.4 is 20.9 Å². The van der Waals surface area contributed by atoms with Gasteiger partial charge in [0, 0.05) is 32.6 Å². The van der Waals surface area contributed by atoms with Crippen LogP contribution in [0.25, 0.3) is 21.9 Å². The van der Waals surface area contributed by atoms with Crippen LogP contribution in [0.5, 0.6) is 0 Å². The van der Waals surface area contributed by atoms with Gasteiger partial charge >= 0.3 is 5.82 Å². The van der Waals surface area contributed by atoms with Gasteiger partial charge < -0.3 is 20.4 Å². The second-order valence-corrected chi connectivity index (χ2v) is 9.87. The van der Waals surface area contributed by atoms with Gasteiger partial charge in [0.15, 0.2) is 11.2 Å². The van der Waals surface area contributed by atoms with Crippen LogP contribution in [-0.2, 0) is 13.1 Å². The van der Waals surface area contributed by atoms with Gasteiger partial charge in [0.2, 0.25) is 0 Å². The summed E-state index contributed by atoms with van der Waals surface area (Å²) in [5.74, 6) is 0.994. The minimum Gasteiger partial charge on any atom is -0.355 e. The van der Waals surface area contributed by atoms with Gasteiger partial charge in [-0.1, -0.05) is 23.8 Å². The van der Waals surface area contributed by atoms with E-state index in [0.717, 1.165) is 40.6 Å². The average Bonchev–Trinajstić information content (AvgIpc) is 3.21. The Bertz CT molecular complexity index is 1640. The number of rotatable bonds is 5. The van der Waals surface area contributed by atoms with Gasteiger partial charge in [0.25, 0.3) is 5.56 Å². The lowest BCUT2D eigenvalue weighted by Gasteiger charge is -2.33. The first-order chi connectivity index (χ1) is 17.8. The monoisotopic (exact) mass is 499 g/mol. The minimum absolute atomic E-state index is 0.00189. The molecule has 4 aromatic rings. The highest BCUT2D eigenvalue weighted by molar-refractivity contribution is 5.89. The maximum atomic E-state index is 13.9. The molecular formula is C27H31N8O2+. The molecule has 0 aliphatic carbocycles.